The summed E-state index contributed by atoms with van der Waals surface area (Å²) in [4.78, 5) is 32.2. The first-order valence-corrected chi connectivity index (χ1v) is 17.5. The number of carbonyl (C=O) groups excluding carboxylic acids is 1. The van der Waals surface area contributed by atoms with Crippen molar-refractivity contribution in [1.29, 1.82) is 0 Å². The van der Waals surface area contributed by atoms with E-state index in [-0.39, 0.29) is 10.8 Å². The molecule has 1 amide bonds. The number of piperidine rings is 2. The van der Waals surface area contributed by atoms with Crippen molar-refractivity contribution in [3.63, 3.8) is 0 Å². The van der Waals surface area contributed by atoms with E-state index in [1.54, 1.807) is 51.4 Å². The topological polar surface area (TPSA) is 117 Å². The van der Waals surface area contributed by atoms with Crippen LogP contribution in [0.2, 0.25) is 0 Å². The third-order valence-corrected chi connectivity index (χ3v) is 11.4. The second-order valence-corrected chi connectivity index (χ2v) is 14.8. The number of benzene rings is 2. The van der Waals surface area contributed by atoms with Crippen LogP contribution >= 0.6 is 0 Å². The lowest BCUT2D eigenvalue weighted by molar-refractivity contribution is 0.0589. The molecule has 0 radical (unpaired) electrons. The van der Waals surface area contributed by atoms with Gasteiger partial charge in [0.2, 0.25) is 0 Å². The number of fused-ring (bicyclic) bond motifs is 1. The highest BCUT2D eigenvalue weighted by Crippen LogP contribution is 2.31. The standard InChI is InChI=1S/C34H42N6O4S/c1-23(2)45(42,43)31-10-6-5-9-28(31)37-33-27-21-35-22-29(27)36-32(38-33)20-24-11-12-25(19-30(24)44-3)34(41)40-17-13-26(14-18-40)39-15-7-4-8-16-39/h5-6,9-12,19,21,23,26H,4,7-8,13-18,20,22H2,1-3H3,(H,36,37,38). The molecule has 3 aromatic rings. The molecule has 6 rings (SSSR count). The molecule has 0 aliphatic carbocycles. The SMILES string of the molecule is COc1cc(C(=O)N2CCC(N3CCCCC3)CC2)ccc1Cc1nc2c(c(Nc3ccccc3S(=O)(=O)C(C)C)n1)C=NC2. The largest absolute Gasteiger partial charge is 0.496 e. The van der Waals surface area contributed by atoms with Crippen LogP contribution in [-0.2, 0) is 22.8 Å². The zero-order valence-corrected chi connectivity index (χ0v) is 27.1. The zero-order chi connectivity index (χ0) is 31.6. The van der Waals surface area contributed by atoms with Crippen LogP contribution < -0.4 is 10.1 Å². The van der Waals surface area contributed by atoms with Crippen LogP contribution in [0.1, 0.15) is 79.0 Å². The highest BCUT2D eigenvalue weighted by atomic mass is 32.2. The maximum absolute atomic E-state index is 13.5. The van der Waals surface area contributed by atoms with Gasteiger partial charge in [-0.2, -0.15) is 0 Å². The Morgan fingerprint density at radius 2 is 1.78 bits per heavy atom. The van der Waals surface area contributed by atoms with Gasteiger partial charge in [-0.3, -0.25) is 9.79 Å². The number of methoxy groups -OCH3 is 1. The molecule has 10 nitrogen and oxygen atoms in total. The molecule has 2 aromatic carbocycles. The van der Waals surface area contributed by atoms with E-state index in [9.17, 15) is 13.2 Å². The van der Waals surface area contributed by atoms with E-state index < -0.39 is 15.1 Å². The second-order valence-electron chi connectivity index (χ2n) is 12.4. The Labute approximate surface area is 265 Å². The van der Waals surface area contributed by atoms with E-state index in [1.807, 2.05) is 23.1 Å². The van der Waals surface area contributed by atoms with Crippen molar-refractivity contribution in [1.82, 2.24) is 19.8 Å². The number of amides is 1. The van der Waals surface area contributed by atoms with Crippen molar-refractivity contribution < 1.29 is 17.9 Å². The number of para-hydroxylation sites is 1. The molecular formula is C34H42N6O4S. The number of carbonyl (C=O) groups is 1. The Bertz CT molecular complexity index is 1690. The van der Waals surface area contributed by atoms with Gasteiger partial charge in [-0.1, -0.05) is 24.6 Å². The van der Waals surface area contributed by atoms with Crippen LogP contribution in [0, 0.1) is 0 Å². The Hall–Kier alpha value is -3.83. The van der Waals surface area contributed by atoms with Gasteiger partial charge in [-0.05, 0) is 76.9 Å². The number of sulfone groups is 1. The van der Waals surface area contributed by atoms with Crippen molar-refractivity contribution in [3.05, 3.63) is 70.7 Å². The van der Waals surface area contributed by atoms with Crippen LogP contribution in [0.15, 0.2) is 52.4 Å². The van der Waals surface area contributed by atoms with Gasteiger partial charge in [0.25, 0.3) is 5.91 Å². The molecule has 45 heavy (non-hydrogen) atoms. The fraction of sp³-hybridized carbons (Fsp3) is 0.471. The molecule has 1 N–H and O–H groups in total. The van der Waals surface area contributed by atoms with Crippen molar-refractivity contribution in [2.24, 2.45) is 4.99 Å². The minimum atomic E-state index is -3.53. The molecule has 0 unspecified atom stereocenters. The minimum Gasteiger partial charge on any atom is -0.496 e. The molecule has 2 fully saturated rings. The first kappa shape index (κ1) is 31.2. The number of hydrogen-bond donors (Lipinski definition) is 1. The van der Waals surface area contributed by atoms with Gasteiger partial charge in [0.1, 0.15) is 17.4 Å². The van der Waals surface area contributed by atoms with E-state index in [0.717, 1.165) is 42.8 Å². The van der Waals surface area contributed by atoms with Gasteiger partial charge in [-0.25, -0.2) is 18.4 Å². The molecule has 2 saturated heterocycles. The average molecular weight is 631 g/mol. The summed E-state index contributed by atoms with van der Waals surface area (Å²) in [6, 6.07) is 13.0. The maximum Gasteiger partial charge on any atom is 0.253 e. The zero-order valence-electron chi connectivity index (χ0n) is 26.3. The summed E-state index contributed by atoms with van der Waals surface area (Å²) < 4.78 is 31.9. The van der Waals surface area contributed by atoms with Gasteiger partial charge in [0.15, 0.2) is 9.84 Å². The summed E-state index contributed by atoms with van der Waals surface area (Å²) in [5.74, 6) is 1.68. The van der Waals surface area contributed by atoms with E-state index in [2.05, 4.69) is 15.2 Å². The fourth-order valence-corrected chi connectivity index (χ4v) is 7.72. The van der Waals surface area contributed by atoms with Crippen LogP contribution in [-0.4, -0.2) is 84.9 Å². The van der Waals surface area contributed by atoms with E-state index in [4.69, 9.17) is 14.7 Å². The molecule has 0 atom stereocenters. The predicted molar refractivity (Wildman–Crippen MR) is 176 cm³/mol. The quantitative estimate of drug-likeness (QED) is 0.350. The van der Waals surface area contributed by atoms with Crippen LogP contribution in [0.5, 0.6) is 5.75 Å². The van der Waals surface area contributed by atoms with Crippen molar-refractivity contribution in [3.8, 4) is 5.75 Å². The first-order chi connectivity index (χ1) is 21.7. The minimum absolute atomic E-state index is 0.0318. The summed E-state index contributed by atoms with van der Waals surface area (Å²) in [6.45, 7) is 7.67. The molecule has 0 saturated carbocycles. The highest BCUT2D eigenvalue weighted by molar-refractivity contribution is 7.92. The van der Waals surface area contributed by atoms with Crippen LogP contribution in [0.25, 0.3) is 0 Å². The molecule has 3 aliphatic rings. The Morgan fingerprint density at radius 1 is 1.02 bits per heavy atom. The third-order valence-electron chi connectivity index (χ3n) is 9.14. The molecular weight excluding hydrogens is 588 g/mol. The Morgan fingerprint density at radius 3 is 2.51 bits per heavy atom. The van der Waals surface area contributed by atoms with E-state index in [0.29, 0.717) is 47.7 Å². The van der Waals surface area contributed by atoms with Crippen molar-refractivity contribution >= 4 is 33.5 Å². The number of hydrogen-bond acceptors (Lipinski definition) is 9. The van der Waals surface area contributed by atoms with Crippen LogP contribution in [0.4, 0.5) is 11.5 Å². The second kappa shape index (κ2) is 13.3. The predicted octanol–water partition coefficient (Wildman–Crippen LogP) is 5.02. The smallest absolute Gasteiger partial charge is 0.253 e. The Balaban J connectivity index is 1.20. The van der Waals surface area contributed by atoms with Gasteiger partial charge >= 0.3 is 0 Å². The molecule has 0 bridgehead atoms. The summed E-state index contributed by atoms with van der Waals surface area (Å²) in [5, 5.41) is 2.70. The Kier molecular flexibility index (Phi) is 9.18. The third kappa shape index (κ3) is 6.60. The summed E-state index contributed by atoms with van der Waals surface area (Å²) in [5.41, 5.74) is 3.43. The number of nitrogens with one attached hydrogen (secondary N) is 1. The normalized spacial score (nSPS) is 17.5. The first-order valence-electron chi connectivity index (χ1n) is 15.9. The molecule has 4 heterocycles. The monoisotopic (exact) mass is 630 g/mol. The van der Waals surface area contributed by atoms with Gasteiger partial charge < -0.3 is 19.9 Å². The summed E-state index contributed by atoms with van der Waals surface area (Å²) >= 11 is 0. The number of rotatable bonds is 9. The summed E-state index contributed by atoms with van der Waals surface area (Å²) in [7, 11) is -1.92. The lowest BCUT2D eigenvalue weighted by atomic mass is 9.99. The number of likely N-dealkylation sites (tertiary alicyclic amines) is 2. The number of aromatic nitrogens is 2. The number of anilines is 2. The summed E-state index contributed by atoms with van der Waals surface area (Å²) in [6.07, 6.45) is 8.02. The van der Waals surface area contributed by atoms with Gasteiger partial charge in [0.05, 0.1) is 40.7 Å². The molecule has 11 heteroatoms. The number of ether oxygens (including phenoxy) is 1. The van der Waals surface area contributed by atoms with Crippen LogP contribution in [0.3, 0.4) is 0 Å². The molecule has 1 aromatic heterocycles. The van der Waals surface area contributed by atoms with Gasteiger partial charge in [-0.15, -0.1) is 0 Å². The highest BCUT2D eigenvalue weighted by Gasteiger charge is 2.29. The molecule has 3 aliphatic heterocycles. The average Bonchev–Trinajstić information content (AvgIpc) is 3.54. The van der Waals surface area contributed by atoms with Crippen molar-refractivity contribution in [2.75, 3.05) is 38.6 Å². The fourth-order valence-electron chi connectivity index (χ4n) is 6.51. The number of nitrogens with zero attached hydrogens (tertiary/aromatic N) is 5. The van der Waals surface area contributed by atoms with E-state index >= 15 is 0 Å². The lowest BCUT2D eigenvalue weighted by Crippen LogP contribution is -2.48. The maximum atomic E-state index is 13.5. The molecule has 0 spiro atoms. The molecule has 238 valence electrons. The van der Waals surface area contributed by atoms with E-state index in [1.165, 1.54) is 32.4 Å². The number of aliphatic imine (C=N–C) groups is 1. The van der Waals surface area contributed by atoms with Gasteiger partial charge in [0, 0.05) is 42.9 Å². The van der Waals surface area contributed by atoms with Crippen molar-refractivity contribution in [2.45, 2.75) is 75.1 Å². The lowest BCUT2D eigenvalue weighted by Gasteiger charge is -2.40.